The van der Waals surface area contributed by atoms with Crippen molar-refractivity contribution in [3.8, 4) is 0 Å². The number of amides is 1. The van der Waals surface area contributed by atoms with Crippen molar-refractivity contribution in [1.82, 2.24) is 9.62 Å². The summed E-state index contributed by atoms with van der Waals surface area (Å²) in [6.07, 6.45) is 0.778. The molecule has 1 amide bonds. The third-order valence-corrected chi connectivity index (χ3v) is 6.18. The van der Waals surface area contributed by atoms with Gasteiger partial charge in [-0.2, -0.15) is 4.72 Å². The van der Waals surface area contributed by atoms with Crippen LogP contribution in [-0.2, 0) is 14.8 Å². The van der Waals surface area contributed by atoms with E-state index in [1.807, 2.05) is 6.92 Å². The number of carbonyl (C=O) groups is 1. The minimum atomic E-state index is -4.14. The lowest BCUT2D eigenvalue weighted by Gasteiger charge is -2.28. The average molecular weight is 371 g/mol. The number of nitrogens with zero attached hydrogens (tertiary/aromatic N) is 1. The lowest BCUT2D eigenvalue weighted by Crippen LogP contribution is -2.51. The summed E-state index contributed by atoms with van der Waals surface area (Å²) in [5, 5.41) is 0. The first-order valence-corrected chi connectivity index (χ1v) is 9.84. The first kappa shape index (κ1) is 19.8. The molecule has 1 saturated heterocycles. The number of nitrogens with two attached hydrogens (primary N) is 1. The first-order valence-electron chi connectivity index (χ1n) is 8.35. The summed E-state index contributed by atoms with van der Waals surface area (Å²) in [7, 11) is -4.14. The fraction of sp³-hybridized carbons (Fsp3) is 0.588. The second-order valence-corrected chi connectivity index (χ2v) is 8.98. The maximum absolute atomic E-state index is 13.9. The minimum absolute atomic E-state index is 0.151. The molecule has 1 aliphatic rings. The molecular weight excluding hydrogens is 345 g/mol. The number of nitrogens with one attached hydrogen (secondary N) is 1. The van der Waals surface area contributed by atoms with Gasteiger partial charge in [-0.25, -0.2) is 12.8 Å². The lowest BCUT2D eigenvalue weighted by molar-refractivity contribution is -0.133. The van der Waals surface area contributed by atoms with Gasteiger partial charge in [0.25, 0.3) is 0 Å². The molecule has 1 aliphatic heterocycles. The van der Waals surface area contributed by atoms with Crippen molar-refractivity contribution in [3.63, 3.8) is 0 Å². The molecule has 25 heavy (non-hydrogen) atoms. The van der Waals surface area contributed by atoms with Gasteiger partial charge in [0.15, 0.2) is 0 Å². The van der Waals surface area contributed by atoms with E-state index in [4.69, 9.17) is 5.73 Å². The summed E-state index contributed by atoms with van der Waals surface area (Å²) in [6.45, 7) is 7.01. The molecule has 2 rings (SSSR count). The number of hydrogen-bond acceptors (Lipinski definition) is 4. The molecule has 0 aromatic heterocycles. The zero-order chi connectivity index (χ0) is 18.8. The summed E-state index contributed by atoms with van der Waals surface area (Å²) < 4.78 is 41.3. The van der Waals surface area contributed by atoms with E-state index in [2.05, 4.69) is 4.72 Å². The van der Waals surface area contributed by atoms with E-state index in [0.717, 1.165) is 12.5 Å². The van der Waals surface area contributed by atoms with Gasteiger partial charge in [0.1, 0.15) is 16.8 Å². The molecule has 1 fully saturated rings. The van der Waals surface area contributed by atoms with E-state index in [1.54, 1.807) is 18.7 Å². The standard InChI is InChI=1S/C17H26FN3O3S/c1-12(2)15(16(22)21-9-8-17(3,10-19)11-21)20-25(23,24)14-7-5-4-6-13(14)18/h4-7,12,15,20H,8-11,19H2,1-3H3. The molecule has 1 heterocycles. The molecule has 6 nitrogen and oxygen atoms in total. The molecule has 0 saturated carbocycles. The number of hydrogen-bond donors (Lipinski definition) is 2. The molecule has 3 N–H and O–H groups in total. The Morgan fingerprint density at radius 2 is 2.04 bits per heavy atom. The third-order valence-electron chi connectivity index (χ3n) is 4.70. The Bertz CT molecular complexity index is 738. The fourth-order valence-corrected chi connectivity index (χ4v) is 4.36. The van der Waals surface area contributed by atoms with Crippen LogP contribution in [-0.4, -0.2) is 44.9 Å². The van der Waals surface area contributed by atoms with Crippen molar-refractivity contribution in [3.05, 3.63) is 30.1 Å². The highest BCUT2D eigenvalue weighted by Gasteiger charge is 2.39. The minimum Gasteiger partial charge on any atom is -0.341 e. The van der Waals surface area contributed by atoms with Crippen molar-refractivity contribution in [2.45, 2.75) is 38.1 Å². The van der Waals surface area contributed by atoms with E-state index < -0.39 is 26.8 Å². The van der Waals surface area contributed by atoms with Crippen LogP contribution in [0.3, 0.4) is 0 Å². The Labute approximate surface area is 148 Å². The van der Waals surface area contributed by atoms with Crippen molar-refractivity contribution >= 4 is 15.9 Å². The molecule has 2 unspecified atom stereocenters. The van der Waals surface area contributed by atoms with Crippen LogP contribution in [0.15, 0.2) is 29.2 Å². The molecule has 0 spiro atoms. The monoisotopic (exact) mass is 371 g/mol. The molecule has 0 bridgehead atoms. The molecule has 140 valence electrons. The van der Waals surface area contributed by atoms with Crippen molar-refractivity contribution in [2.75, 3.05) is 19.6 Å². The van der Waals surface area contributed by atoms with Crippen molar-refractivity contribution in [1.29, 1.82) is 0 Å². The van der Waals surface area contributed by atoms with Gasteiger partial charge in [-0.1, -0.05) is 32.9 Å². The van der Waals surface area contributed by atoms with Crippen LogP contribution in [0.4, 0.5) is 4.39 Å². The number of halogens is 1. The van der Waals surface area contributed by atoms with Gasteiger partial charge in [-0.05, 0) is 36.4 Å². The van der Waals surface area contributed by atoms with E-state index >= 15 is 0 Å². The molecule has 1 aromatic rings. The number of rotatable bonds is 6. The zero-order valence-corrected chi connectivity index (χ0v) is 15.6. The van der Waals surface area contributed by atoms with Crippen LogP contribution in [0.2, 0.25) is 0 Å². The third kappa shape index (κ3) is 4.37. The van der Waals surface area contributed by atoms with Gasteiger partial charge >= 0.3 is 0 Å². The predicted octanol–water partition coefficient (Wildman–Crippen LogP) is 1.33. The maximum Gasteiger partial charge on any atom is 0.244 e. The molecule has 0 radical (unpaired) electrons. The average Bonchev–Trinajstić information content (AvgIpc) is 2.95. The largest absolute Gasteiger partial charge is 0.341 e. The quantitative estimate of drug-likeness (QED) is 0.789. The summed E-state index contributed by atoms with van der Waals surface area (Å²) in [5.74, 6) is -1.42. The topological polar surface area (TPSA) is 92.5 Å². The smallest absolute Gasteiger partial charge is 0.244 e. The van der Waals surface area contributed by atoms with Crippen LogP contribution in [0.1, 0.15) is 27.2 Å². The Morgan fingerprint density at radius 1 is 1.40 bits per heavy atom. The Balaban J connectivity index is 2.22. The summed E-state index contributed by atoms with van der Waals surface area (Å²) in [4.78, 5) is 14.0. The molecule has 0 aliphatic carbocycles. The van der Waals surface area contributed by atoms with Gasteiger partial charge in [0.05, 0.1) is 0 Å². The lowest BCUT2D eigenvalue weighted by atomic mass is 9.90. The fourth-order valence-electron chi connectivity index (χ4n) is 2.94. The highest BCUT2D eigenvalue weighted by molar-refractivity contribution is 7.89. The number of benzene rings is 1. The summed E-state index contributed by atoms with van der Waals surface area (Å²) in [5.41, 5.74) is 5.62. The van der Waals surface area contributed by atoms with Crippen molar-refractivity contribution < 1.29 is 17.6 Å². The van der Waals surface area contributed by atoms with Crippen LogP contribution in [0.25, 0.3) is 0 Å². The highest BCUT2D eigenvalue weighted by atomic mass is 32.2. The van der Waals surface area contributed by atoms with Gasteiger partial charge in [0.2, 0.25) is 15.9 Å². The van der Waals surface area contributed by atoms with Gasteiger partial charge in [-0.15, -0.1) is 0 Å². The molecule has 2 atom stereocenters. The van der Waals surface area contributed by atoms with Gasteiger partial charge in [-0.3, -0.25) is 4.79 Å². The maximum atomic E-state index is 13.9. The molecule has 1 aromatic carbocycles. The second-order valence-electron chi connectivity index (χ2n) is 7.30. The predicted molar refractivity (Wildman–Crippen MR) is 93.7 cm³/mol. The SMILES string of the molecule is CC(C)C(NS(=O)(=O)c1ccccc1F)C(=O)N1CCC(C)(CN)C1. The van der Waals surface area contributed by atoms with Gasteiger partial charge < -0.3 is 10.6 Å². The number of likely N-dealkylation sites (tertiary alicyclic amines) is 1. The number of carbonyl (C=O) groups excluding carboxylic acids is 1. The highest BCUT2D eigenvalue weighted by Crippen LogP contribution is 2.29. The van der Waals surface area contributed by atoms with E-state index in [-0.39, 0.29) is 17.2 Å². The summed E-state index contributed by atoms with van der Waals surface area (Å²) in [6, 6.07) is 4.16. The van der Waals surface area contributed by atoms with E-state index in [0.29, 0.717) is 19.6 Å². The van der Waals surface area contributed by atoms with E-state index in [1.165, 1.54) is 18.2 Å². The Hall–Kier alpha value is -1.51. The Morgan fingerprint density at radius 3 is 2.56 bits per heavy atom. The Kier molecular flexibility index (Phi) is 5.86. The van der Waals surface area contributed by atoms with Crippen LogP contribution in [0, 0.1) is 17.2 Å². The number of sulfonamides is 1. The van der Waals surface area contributed by atoms with E-state index in [9.17, 15) is 17.6 Å². The van der Waals surface area contributed by atoms with Crippen LogP contribution < -0.4 is 10.5 Å². The zero-order valence-electron chi connectivity index (χ0n) is 14.8. The second kappa shape index (κ2) is 7.39. The normalized spacial score (nSPS) is 22.4. The van der Waals surface area contributed by atoms with Crippen LogP contribution >= 0.6 is 0 Å². The molecule has 8 heteroatoms. The summed E-state index contributed by atoms with van der Waals surface area (Å²) >= 11 is 0. The van der Waals surface area contributed by atoms with Crippen molar-refractivity contribution in [2.24, 2.45) is 17.1 Å². The van der Waals surface area contributed by atoms with Crippen LogP contribution in [0.5, 0.6) is 0 Å². The van der Waals surface area contributed by atoms with Gasteiger partial charge in [0, 0.05) is 13.1 Å². The first-order chi connectivity index (χ1) is 11.6. The molecular formula is C17H26FN3O3S.